The fourth-order valence-corrected chi connectivity index (χ4v) is 4.12. The van der Waals surface area contributed by atoms with Crippen molar-refractivity contribution in [3.8, 4) is 17.2 Å². The lowest BCUT2D eigenvalue weighted by Gasteiger charge is -2.46. The van der Waals surface area contributed by atoms with Crippen molar-refractivity contribution in [2.45, 2.75) is 12.1 Å². The highest BCUT2D eigenvalue weighted by atomic mass is 16.5. The Morgan fingerprint density at radius 3 is 1.94 bits per heavy atom. The molecule has 0 radical (unpaired) electrons. The Labute approximate surface area is 186 Å². The van der Waals surface area contributed by atoms with Gasteiger partial charge in [0.15, 0.2) is 0 Å². The summed E-state index contributed by atoms with van der Waals surface area (Å²) in [5.41, 5.74) is 1.78. The van der Waals surface area contributed by atoms with E-state index in [2.05, 4.69) is 6.07 Å². The number of amides is 1. The van der Waals surface area contributed by atoms with Crippen LogP contribution in [0.4, 0.5) is 5.69 Å². The SMILES string of the molecule is COc1ccc([C@@H]2[C@H](Oc3ccc4ccccc4c3)C(=O)N2c2ccc(OC)cc2)cc1. The summed E-state index contributed by atoms with van der Waals surface area (Å²) in [4.78, 5) is 15.0. The van der Waals surface area contributed by atoms with Crippen LogP contribution in [0.3, 0.4) is 0 Å². The van der Waals surface area contributed by atoms with Crippen LogP contribution in [-0.4, -0.2) is 26.2 Å². The van der Waals surface area contributed by atoms with E-state index in [9.17, 15) is 4.79 Å². The van der Waals surface area contributed by atoms with E-state index in [4.69, 9.17) is 14.2 Å². The number of methoxy groups -OCH3 is 2. The first-order valence-electron chi connectivity index (χ1n) is 10.4. The van der Waals surface area contributed by atoms with Crippen LogP contribution >= 0.6 is 0 Å². The Morgan fingerprint density at radius 1 is 0.688 bits per heavy atom. The first kappa shape index (κ1) is 19.9. The molecular formula is C27H23NO4. The molecule has 2 atom stereocenters. The Morgan fingerprint density at radius 2 is 1.28 bits per heavy atom. The van der Waals surface area contributed by atoms with E-state index in [-0.39, 0.29) is 11.9 Å². The van der Waals surface area contributed by atoms with Crippen LogP contribution in [0.25, 0.3) is 10.8 Å². The third-order valence-corrected chi connectivity index (χ3v) is 5.84. The molecule has 160 valence electrons. The smallest absolute Gasteiger partial charge is 0.271 e. The molecule has 32 heavy (non-hydrogen) atoms. The molecule has 1 aliphatic rings. The lowest BCUT2D eigenvalue weighted by molar-refractivity contribution is -0.135. The number of carbonyl (C=O) groups is 1. The van der Waals surface area contributed by atoms with Crippen molar-refractivity contribution in [1.29, 1.82) is 0 Å². The van der Waals surface area contributed by atoms with Crippen molar-refractivity contribution >= 4 is 22.4 Å². The van der Waals surface area contributed by atoms with Crippen LogP contribution in [-0.2, 0) is 4.79 Å². The topological polar surface area (TPSA) is 48.0 Å². The summed E-state index contributed by atoms with van der Waals surface area (Å²) in [7, 11) is 3.26. The molecule has 0 spiro atoms. The maximum Gasteiger partial charge on any atom is 0.271 e. The van der Waals surface area contributed by atoms with Gasteiger partial charge in [0.2, 0.25) is 6.10 Å². The summed E-state index contributed by atoms with van der Waals surface area (Å²) in [5, 5.41) is 2.20. The van der Waals surface area contributed by atoms with E-state index in [1.165, 1.54) is 0 Å². The highest BCUT2D eigenvalue weighted by molar-refractivity contribution is 6.05. The Bertz CT molecular complexity index is 1250. The van der Waals surface area contributed by atoms with Crippen molar-refractivity contribution in [1.82, 2.24) is 0 Å². The maximum atomic E-state index is 13.2. The summed E-state index contributed by atoms with van der Waals surface area (Å²) < 4.78 is 16.8. The van der Waals surface area contributed by atoms with E-state index >= 15 is 0 Å². The molecule has 5 nitrogen and oxygen atoms in total. The molecule has 1 saturated heterocycles. The molecule has 1 fully saturated rings. The maximum absolute atomic E-state index is 13.2. The zero-order valence-corrected chi connectivity index (χ0v) is 17.9. The first-order valence-corrected chi connectivity index (χ1v) is 10.4. The molecule has 0 N–H and O–H groups in total. The number of ether oxygens (including phenoxy) is 3. The average molecular weight is 425 g/mol. The van der Waals surface area contributed by atoms with E-state index < -0.39 is 6.10 Å². The Hall–Kier alpha value is -3.99. The van der Waals surface area contributed by atoms with Crippen molar-refractivity contribution in [3.63, 3.8) is 0 Å². The van der Waals surface area contributed by atoms with Gasteiger partial charge in [0, 0.05) is 5.69 Å². The van der Waals surface area contributed by atoms with E-state index in [0.717, 1.165) is 33.5 Å². The normalized spacial score (nSPS) is 17.7. The van der Waals surface area contributed by atoms with Gasteiger partial charge in [-0.1, -0.05) is 42.5 Å². The zero-order valence-electron chi connectivity index (χ0n) is 17.9. The fourth-order valence-electron chi connectivity index (χ4n) is 4.12. The largest absolute Gasteiger partial charge is 0.497 e. The summed E-state index contributed by atoms with van der Waals surface area (Å²) in [6.07, 6.45) is -0.619. The monoisotopic (exact) mass is 425 g/mol. The summed E-state index contributed by atoms with van der Waals surface area (Å²) in [6, 6.07) is 29.0. The minimum Gasteiger partial charge on any atom is -0.497 e. The van der Waals surface area contributed by atoms with Crippen LogP contribution in [0, 0.1) is 0 Å². The number of β-lactam (4-membered cyclic amide) rings is 1. The second-order valence-corrected chi connectivity index (χ2v) is 7.67. The van der Waals surface area contributed by atoms with Gasteiger partial charge in [-0.3, -0.25) is 9.69 Å². The second-order valence-electron chi connectivity index (χ2n) is 7.67. The molecule has 4 aromatic carbocycles. The van der Waals surface area contributed by atoms with Gasteiger partial charge in [0.25, 0.3) is 5.91 Å². The number of fused-ring (bicyclic) bond motifs is 1. The number of hydrogen-bond acceptors (Lipinski definition) is 4. The Kier molecular flexibility index (Phi) is 5.15. The second kappa shape index (κ2) is 8.27. The molecule has 5 rings (SSSR count). The molecule has 0 aromatic heterocycles. The fraction of sp³-hybridized carbons (Fsp3) is 0.148. The number of benzene rings is 4. The molecule has 0 unspecified atom stereocenters. The lowest BCUT2D eigenvalue weighted by atomic mass is 9.89. The van der Waals surface area contributed by atoms with Crippen molar-refractivity contribution < 1.29 is 19.0 Å². The summed E-state index contributed by atoms with van der Waals surface area (Å²) in [6.45, 7) is 0. The third kappa shape index (κ3) is 3.52. The standard InChI is InChI=1S/C27H23NO4/c1-30-22-12-8-19(9-13-22)25-26(27(29)28(25)21-10-15-23(31-2)16-11-21)32-24-14-7-18-5-3-4-6-20(18)17-24/h3-17,25-26H,1-2H3/t25-,26+/m1/s1. The highest BCUT2D eigenvalue weighted by Gasteiger charge is 2.51. The quantitative estimate of drug-likeness (QED) is 0.389. The number of hydrogen-bond donors (Lipinski definition) is 0. The van der Waals surface area contributed by atoms with Gasteiger partial charge in [-0.25, -0.2) is 0 Å². The molecule has 1 amide bonds. The van der Waals surface area contributed by atoms with Crippen LogP contribution in [0.1, 0.15) is 11.6 Å². The zero-order chi connectivity index (χ0) is 22.1. The molecule has 5 heteroatoms. The number of rotatable bonds is 6. The highest BCUT2D eigenvalue weighted by Crippen LogP contribution is 2.42. The third-order valence-electron chi connectivity index (χ3n) is 5.84. The molecule has 0 saturated carbocycles. The molecule has 4 aromatic rings. The number of anilines is 1. The van der Waals surface area contributed by atoms with Gasteiger partial charge < -0.3 is 14.2 Å². The molecule has 1 aliphatic heterocycles. The predicted octanol–water partition coefficient (Wildman–Crippen LogP) is 5.39. The van der Waals surface area contributed by atoms with Crippen LogP contribution in [0.15, 0.2) is 91.0 Å². The lowest BCUT2D eigenvalue weighted by Crippen LogP contribution is -2.61. The van der Waals surface area contributed by atoms with Gasteiger partial charge in [-0.2, -0.15) is 0 Å². The van der Waals surface area contributed by atoms with Gasteiger partial charge in [0.1, 0.15) is 23.3 Å². The van der Waals surface area contributed by atoms with Crippen LogP contribution in [0.2, 0.25) is 0 Å². The van der Waals surface area contributed by atoms with Crippen LogP contribution < -0.4 is 19.1 Å². The average Bonchev–Trinajstić information content (AvgIpc) is 2.86. The minimum absolute atomic E-state index is 0.0795. The number of carbonyl (C=O) groups excluding carboxylic acids is 1. The van der Waals surface area contributed by atoms with Crippen molar-refractivity contribution in [3.05, 3.63) is 96.6 Å². The first-order chi connectivity index (χ1) is 15.7. The van der Waals surface area contributed by atoms with Gasteiger partial charge in [0.05, 0.1) is 14.2 Å². The minimum atomic E-state index is -0.619. The molecular weight excluding hydrogens is 402 g/mol. The van der Waals surface area contributed by atoms with Gasteiger partial charge in [-0.05, 0) is 64.9 Å². The molecule has 1 heterocycles. The molecule has 0 aliphatic carbocycles. The molecule has 0 bridgehead atoms. The number of nitrogens with zero attached hydrogens (tertiary/aromatic N) is 1. The predicted molar refractivity (Wildman–Crippen MR) is 125 cm³/mol. The Balaban J connectivity index is 1.48. The van der Waals surface area contributed by atoms with E-state index in [1.807, 2.05) is 84.9 Å². The van der Waals surface area contributed by atoms with Crippen molar-refractivity contribution in [2.75, 3.05) is 19.1 Å². The van der Waals surface area contributed by atoms with E-state index in [1.54, 1.807) is 19.1 Å². The summed E-state index contributed by atoms with van der Waals surface area (Å²) >= 11 is 0. The van der Waals surface area contributed by atoms with Gasteiger partial charge >= 0.3 is 0 Å². The van der Waals surface area contributed by atoms with E-state index in [0.29, 0.717) is 5.75 Å². The summed E-state index contributed by atoms with van der Waals surface area (Å²) in [5.74, 6) is 2.10. The van der Waals surface area contributed by atoms with Crippen molar-refractivity contribution in [2.24, 2.45) is 0 Å². The van der Waals surface area contributed by atoms with Gasteiger partial charge in [-0.15, -0.1) is 0 Å². The van der Waals surface area contributed by atoms with Crippen LogP contribution in [0.5, 0.6) is 17.2 Å².